The number of hydrogen-bond donors (Lipinski definition) is 2. The molecule has 0 atom stereocenters. The number of carbonyl (C=O) groups is 1. The number of ether oxygens (including phenoxy) is 1. The van der Waals surface area contributed by atoms with Gasteiger partial charge < -0.3 is 16.2 Å². The van der Waals surface area contributed by atoms with Gasteiger partial charge in [-0.05, 0) is 19.1 Å². The fourth-order valence-electron chi connectivity index (χ4n) is 2.17. The Morgan fingerprint density at radius 3 is 2.52 bits per heavy atom. The Bertz CT molecular complexity index is 922. The van der Waals surface area contributed by atoms with Crippen molar-refractivity contribution in [1.82, 2.24) is 9.97 Å². The van der Waals surface area contributed by atoms with Crippen LogP contribution in [0.5, 0.6) is 5.06 Å². The third kappa shape index (κ3) is 2.55. The topological polar surface area (TPSA) is 104 Å². The van der Waals surface area contributed by atoms with E-state index in [4.69, 9.17) is 16.2 Å². The molecule has 0 radical (unpaired) electrons. The van der Waals surface area contributed by atoms with E-state index < -0.39 is 17.7 Å². The van der Waals surface area contributed by atoms with Gasteiger partial charge in [0, 0.05) is 0 Å². The fourth-order valence-corrected chi connectivity index (χ4v) is 3.17. The van der Waals surface area contributed by atoms with Gasteiger partial charge in [0.1, 0.15) is 16.5 Å². The molecule has 23 heavy (non-hydrogen) atoms. The van der Waals surface area contributed by atoms with Crippen LogP contribution in [0.4, 0.5) is 19.3 Å². The van der Waals surface area contributed by atoms with Crippen molar-refractivity contribution < 1.29 is 18.3 Å². The number of aryl methyl sites for hydroxylation is 1. The summed E-state index contributed by atoms with van der Waals surface area (Å²) in [5.41, 5.74) is 11.1. The number of nitrogens with two attached hydrogens (primary N) is 2. The molecule has 6 nitrogen and oxygen atoms in total. The number of halogens is 2. The molecule has 0 aliphatic rings. The summed E-state index contributed by atoms with van der Waals surface area (Å²) in [6.07, 6.45) is -1.02. The lowest BCUT2D eigenvalue weighted by molar-refractivity contribution is 0.212. The standard InChI is InChI=1S/C14H10F2N4O2S/c1-5-8-10(17)13(22-14(18)21)23-12(8)20-11(19-5)9-6(15)3-2-4-7(9)16/h2-4H,17H2,1H3,(H2,18,21). The molecule has 0 aliphatic heterocycles. The maximum atomic E-state index is 13.9. The Hall–Kier alpha value is -2.81. The molecule has 118 valence electrons. The molecule has 0 bridgehead atoms. The number of primary amides is 1. The zero-order valence-electron chi connectivity index (χ0n) is 11.8. The molecule has 3 rings (SSSR count). The van der Waals surface area contributed by atoms with E-state index in [0.717, 1.165) is 23.5 Å². The van der Waals surface area contributed by atoms with Crippen LogP contribution in [-0.2, 0) is 0 Å². The van der Waals surface area contributed by atoms with Crippen molar-refractivity contribution in [3.8, 4) is 16.5 Å². The smallest absolute Gasteiger partial charge is 0.397 e. The number of benzene rings is 1. The Balaban J connectivity index is 2.24. The Labute approximate surface area is 132 Å². The largest absolute Gasteiger partial charge is 0.410 e. The van der Waals surface area contributed by atoms with Crippen LogP contribution in [0.2, 0.25) is 0 Å². The van der Waals surface area contributed by atoms with E-state index in [0.29, 0.717) is 15.9 Å². The van der Waals surface area contributed by atoms with Gasteiger partial charge in [-0.1, -0.05) is 17.4 Å². The average molecular weight is 336 g/mol. The summed E-state index contributed by atoms with van der Waals surface area (Å²) >= 11 is 0.943. The first kappa shape index (κ1) is 15.1. The highest BCUT2D eigenvalue weighted by atomic mass is 32.1. The second kappa shape index (κ2) is 5.43. The summed E-state index contributed by atoms with van der Waals surface area (Å²) in [6.45, 7) is 1.61. The van der Waals surface area contributed by atoms with Crippen LogP contribution >= 0.6 is 11.3 Å². The third-order valence-corrected chi connectivity index (χ3v) is 4.09. The maximum absolute atomic E-state index is 13.9. The number of thiophene rings is 1. The van der Waals surface area contributed by atoms with E-state index in [-0.39, 0.29) is 22.1 Å². The molecule has 3 aromatic rings. The lowest BCUT2D eigenvalue weighted by Gasteiger charge is -2.05. The molecule has 2 aromatic heterocycles. The summed E-state index contributed by atoms with van der Waals surface area (Å²) in [6, 6.07) is 3.49. The number of fused-ring (bicyclic) bond motifs is 1. The van der Waals surface area contributed by atoms with Gasteiger partial charge in [0.15, 0.2) is 5.82 Å². The SMILES string of the molecule is Cc1nc(-c2c(F)cccc2F)nc2sc(OC(N)=O)c(N)c12. The highest BCUT2D eigenvalue weighted by Crippen LogP contribution is 2.41. The summed E-state index contributed by atoms with van der Waals surface area (Å²) in [5.74, 6) is -1.67. The van der Waals surface area contributed by atoms with E-state index in [2.05, 4.69) is 9.97 Å². The molecular weight excluding hydrogens is 326 g/mol. The van der Waals surface area contributed by atoms with Gasteiger partial charge in [0.25, 0.3) is 0 Å². The molecule has 0 unspecified atom stereocenters. The molecule has 0 saturated carbocycles. The molecule has 1 amide bonds. The minimum absolute atomic E-state index is 0.0658. The van der Waals surface area contributed by atoms with E-state index in [9.17, 15) is 13.6 Å². The lowest BCUT2D eigenvalue weighted by Crippen LogP contribution is -2.16. The van der Waals surface area contributed by atoms with E-state index >= 15 is 0 Å². The van der Waals surface area contributed by atoms with Crippen molar-refractivity contribution in [2.45, 2.75) is 6.92 Å². The number of nitrogen functional groups attached to an aromatic ring is 1. The highest BCUT2D eigenvalue weighted by molar-refractivity contribution is 7.21. The van der Waals surface area contributed by atoms with Crippen LogP contribution in [-0.4, -0.2) is 16.1 Å². The van der Waals surface area contributed by atoms with Gasteiger partial charge in [0.05, 0.1) is 22.3 Å². The molecule has 0 aliphatic carbocycles. The zero-order valence-corrected chi connectivity index (χ0v) is 12.6. The Kier molecular flexibility index (Phi) is 3.57. The fraction of sp³-hybridized carbons (Fsp3) is 0.0714. The Morgan fingerprint density at radius 2 is 1.91 bits per heavy atom. The van der Waals surface area contributed by atoms with Gasteiger partial charge >= 0.3 is 6.09 Å². The summed E-state index contributed by atoms with van der Waals surface area (Å²) in [5, 5.41) is 0.516. The predicted octanol–water partition coefficient (Wildman–Crippen LogP) is 2.98. The van der Waals surface area contributed by atoms with Crippen molar-refractivity contribution in [3.05, 3.63) is 35.5 Å². The van der Waals surface area contributed by atoms with Crippen LogP contribution in [0.25, 0.3) is 21.6 Å². The number of amides is 1. The van der Waals surface area contributed by atoms with Gasteiger partial charge in [0.2, 0.25) is 5.06 Å². The van der Waals surface area contributed by atoms with Gasteiger partial charge in [-0.15, -0.1) is 0 Å². The monoisotopic (exact) mass is 336 g/mol. The number of hydrogen-bond acceptors (Lipinski definition) is 6. The summed E-state index contributed by atoms with van der Waals surface area (Å²) < 4.78 is 32.6. The second-order valence-electron chi connectivity index (χ2n) is 4.63. The molecule has 2 heterocycles. The van der Waals surface area contributed by atoms with Crippen molar-refractivity contribution in [2.75, 3.05) is 5.73 Å². The maximum Gasteiger partial charge on any atom is 0.410 e. The van der Waals surface area contributed by atoms with Crippen LogP contribution in [0.15, 0.2) is 18.2 Å². The van der Waals surface area contributed by atoms with Gasteiger partial charge in [-0.3, -0.25) is 0 Å². The molecule has 4 N–H and O–H groups in total. The summed E-state index contributed by atoms with van der Waals surface area (Å²) in [4.78, 5) is 19.5. The first-order chi connectivity index (χ1) is 10.9. The predicted molar refractivity (Wildman–Crippen MR) is 82.1 cm³/mol. The van der Waals surface area contributed by atoms with E-state index in [1.807, 2.05) is 0 Å². The van der Waals surface area contributed by atoms with E-state index in [1.165, 1.54) is 6.07 Å². The lowest BCUT2D eigenvalue weighted by atomic mass is 10.1. The van der Waals surface area contributed by atoms with Gasteiger partial charge in [-0.2, -0.15) is 0 Å². The number of anilines is 1. The highest BCUT2D eigenvalue weighted by Gasteiger charge is 2.20. The number of aromatic nitrogens is 2. The minimum Gasteiger partial charge on any atom is -0.397 e. The number of carbonyl (C=O) groups excluding carboxylic acids is 1. The third-order valence-electron chi connectivity index (χ3n) is 3.12. The van der Waals surface area contributed by atoms with Crippen molar-refractivity contribution in [1.29, 1.82) is 0 Å². The molecule has 0 saturated heterocycles. The molecule has 9 heteroatoms. The number of rotatable bonds is 2. The molecular formula is C14H10F2N4O2S. The first-order valence-corrected chi connectivity index (χ1v) is 7.18. The number of nitrogens with zero attached hydrogens (tertiary/aromatic N) is 2. The quantitative estimate of drug-likeness (QED) is 0.748. The Morgan fingerprint density at radius 1 is 1.26 bits per heavy atom. The minimum atomic E-state index is -1.02. The normalized spacial score (nSPS) is 10.9. The molecule has 1 aromatic carbocycles. The average Bonchev–Trinajstić information content (AvgIpc) is 2.74. The van der Waals surface area contributed by atoms with Crippen LogP contribution in [0.3, 0.4) is 0 Å². The van der Waals surface area contributed by atoms with E-state index in [1.54, 1.807) is 6.92 Å². The second-order valence-corrected chi connectivity index (χ2v) is 5.60. The summed E-state index contributed by atoms with van der Waals surface area (Å²) in [7, 11) is 0. The van der Waals surface area contributed by atoms with Crippen molar-refractivity contribution in [2.24, 2.45) is 5.73 Å². The van der Waals surface area contributed by atoms with Crippen LogP contribution < -0.4 is 16.2 Å². The van der Waals surface area contributed by atoms with Gasteiger partial charge in [-0.25, -0.2) is 23.5 Å². The van der Waals surface area contributed by atoms with Crippen LogP contribution in [0, 0.1) is 18.6 Å². The first-order valence-electron chi connectivity index (χ1n) is 6.36. The molecule has 0 fully saturated rings. The zero-order chi connectivity index (χ0) is 16.7. The van der Waals surface area contributed by atoms with Crippen LogP contribution in [0.1, 0.15) is 5.69 Å². The van der Waals surface area contributed by atoms with Crippen molar-refractivity contribution in [3.63, 3.8) is 0 Å². The molecule has 0 spiro atoms. The van der Waals surface area contributed by atoms with Crippen molar-refractivity contribution >= 4 is 33.3 Å².